The molecule has 190 valence electrons. The van der Waals surface area contributed by atoms with Crippen LogP contribution in [-0.2, 0) is 9.47 Å². The predicted octanol–water partition coefficient (Wildman–Crippen LogP) is 3.69. The number of carbonyl (C=O) groups is 2. The van der Waals surface area contributed by atoms with Crippen LogP contribution in [-0.4, -0.2) is 49.4 Å². The molecule has 1 aliphatic heterocycles. The number of esters is 2. The van der Waals surface area contributed by atoms with E-state index in [2.05, 4.69) is 15.0 Å². The third kappa shape index (κ3) is 5.21. The van der Waals surface area contributed by atoms with Gasteiger partial charge in [-0.3, -0.25) is 0 Å². The Kier molecular flexibility index (Phi) is 6.70. The number of hydrogen-bond donors (Lipinski definition) is 2. The molecule has 1 saturated heterocycles. The minimum Gasteiger partial charge on any atom is -0.461 e. The van der Waals surface area contributed by atoms with Gasteiger partial charge in [0, 0.05) is 6.42 Å². The molecule has 2 aromatic heterocycles. The Morgan fingerprint density at radius 2 is 1.59 bits per heavy atom. The fraction of sp³-hybridized carbons (Fsp3) is 0.269. The standard InChI is InChI=1S/C26H26N6O4S/c1-14-3-7-16(8-4-14)24(33)35-12-19-18(36-25(34)17-9-5-15(2)6-10-17)11-20(37-19)32-13-29-21-22(27)30-26(28)31-23(21)32/h3-10,13,18-20H,11-12H2,1-2H3,(H4,27,28,30,31)/t18-,19+,20-/m0/s1. The second kappa shape index (κ2) is 10.1. The number of anilines is 2. The molecular weight excluding hydrogens is 492 g/mol. The van der Waals surface area contributed by atoms with E-state index in [1.165, 1.54) is 11.8 Å². The van der Waals surface area contributed by atoms with Gasteiger partial charge in [-0.25, -0.2) is 14.6 Å². The Labute approximate surface area is 217 Å². The number of ether oxygens (including phenoxy) is 2. The molecule has 1 aliphatic rings. The Morgan fingerprint density at radius 3 is 2.24 bits per heavy atom. The molecule has 10 nitrogen and oxygen atoms in total. The molecule has 0 saturated carbocycles. The van der Waals surface area contributed by atoms with Crippen LogP contribution in [0.1, 0.15) is 43.6 Å². The Bertz CT molecular complexity index is 1450. The Balaban J connectivity index is 1.37. The van der Waals surface area contributed by atoms with Crippen LogP contribution in [0.4, 0.5) is 11.8 Å². The molecule has 1 fully saturated rings. The summed E-state index contributed by atoms with van der Waals surface area (Å²) in [7, 11) is 0. The van der Waals surface area contributed by atoms with E-state index in [0.29, 0.717) is 28.7 Å². The molecule has 37 heavy (non-hydrogen) atoms. The Morgan fingerprint density at radius 1 is 0.973 bits per heavy atom. The number of aryl methyl sites for hydroxylation is 2. The molecule has 4 aromatic rings. The van der Waals surface area contributed by atoms with Gasteiger partial charge in [-0.2, -0.15) is 9.97 Å². The summed E-state index contributed by atoms with van der Waals surface area (Å²) in [6.45, 7) is 3.96. The number of aromatic nitrogens is 4. The SMILES string of the molecule is Cc1ccc(C(=O)OC[C@H]2S[C@H](n3cnc4c(N)nc(N)nc43)C[C@@H]2OC(=O)c2ccc(C)cc2)cc1. The van der Waals surface area contributed by atoms with Crippen molar-refractivity contribution in [2.75, 3.05) is 18.1 Å². The average molecular weight is 519 g/mol. The molecule has 3 atom stereocenters. The lowest BCUT2D eigenvalue weighted by molar-refractivity contribution is 0.0205. The number of nitrogen functional groups attached to an aromatic ring is 2. The first-order valence-electron chi connectivity index (χ1n) is 11.7. The van der Waals surface area contributed by atoms with Gasteiger partial charge in [0.15, 0.2) is 11.5 Å². The number of rotatable bonds is 6. The monoisotopic (exact) mass is 518 g/mol. The zero-order valence-electron chi connectivity index (χ0n) is 20.3. The summed E-state index contributed by atoms with van der Waals surface area (Å²) >= 11 is 1.51. The molecule has 3 heterocycles. The second-order valence-electron chi connectivity index (χ2n) is 8.93. The summed E-state index contributed by atoms with van der Waals surface area (Å²) in [5.41, 5.74) is 15.7. The van der Waals surface area contributed by atoms with Gasteiger partial charge in [-0.05, 0) is 38.1 Å². The van der Waals surface area contributed by atoms with Gasteiger partial charge in [0.05, 0.1) is 28.1 Å². The lowest BCUT2D eigenvalue weighted by Gasteiger charge is -2.19. The zero-order chi connectivity index (χ0) is 26.1. The van der Waals surface area contributed by atoms with Crippen molar-refractivity contribution in [1.82, 2.24) is 19.5 Å². The van der Waals surface area contributed by atoms with Crippen molar-refractivity contribution in [1.29, 1.82) is 0 Å². The van der Waals surface area contributed by atoms with Crippen LogP contribution in [0.3, 0.4) is 0 Å². The molecule has 4 N–H and O–H groups in total. The van der Waals surface area contributed by atoms with Gasteiger partial charge < -0.3 is 25.5 Å². The number of benzene rings is 2. The van der Waals surface area contributed by atoms with Crippen molar-refractivity contribution in [2.24, 2.45) is 0 Å². The first kappa shape index (κ1) is 24.6. The average Bonchev–Trinajstić information content (AvgIpc) is 3.47. The molecule has 2 aromatic carbocycles. The molecule has 0 radical (unpaired) electrons. The largest absolute Gasteiger partial charge is 0.461 e. The lowest BCUT2D eigenvalue weighted by atomic mass is 10.1. The van der Waals surface area contributed by atoms with E-state index >= 15 is 0 Å². The maximum atomic E-state index is 12.9. The van der Waals surface area contributed by atoms with E-state index in [0.717, 1.165) is 11.1 Å². The minimum absolute atomic E-state index is 0.0423. The highest BCUT2D eigenvalue weighted by Crippen LogP contribution is 2.44. The molecule has 0 spiro atoms. The normalized spacial score (nSPS) is 19.1. The van der Waals surface area contributed by atoms with Gasteiger partial charge in [-0.1, -0.05) is 35.4 Å². The van der Waals surface area contributed by atoms with Crippen molar-refractivity contribution in [3.63, 3.8) is 0 Å². The van der Waals surface area contributed by atoms with Crippen molar-refractivity contribution in [3.8, 4) is 0 Å². The number of imidazole rings is 1. The highest BCUT2D eigenvalue weighted by atomic mass is 32.2. The predicted molar refractivity (Wildman–Crippen MR) is 141 cm³/mol. The van der Waals surface area contributed by atoms with E-state index in [1.807, 2.05) is 42.7 Å². The van der Waals surface area contributed by atoms with Gasteiger partial charge in [0.2, 0.25) is 5.95 Å². The number of fused-ring (bicyclic) bond motifs is 1. The van der Waals surface area contributed by atoms with E-state index in [-0.39, 0.29) is 29.0 Å². The highest BCUT2D eigenvalue weighted by Gasteiger charge is 2.40. The topological polar surface area (TPSA) is 148 Å². The second-order valence-corrected chi connectivity index (χ2v) is 10.4. The zero-order valence-corrected chi connectivity index (χ0v) is 21.1. The molecule has 0 amide bonds. The van der Waals surface area contributed by atoms with E-state index in [9.17, 15) is 9.59 Å². The summed E-state index contributed by atoms with van der Waals surface area (Å²) in [5, 5.41) is -0.527. The number of nitrogens with two attached hydrogens (primary N) is 2. The Hall–Kier alpha value is -4.12. The third-order valence-electron chi connectivity index (χ3n) is 6.17. The number of hydrogen-bond acceptors (Lipinski definition) is 10. The van der Waals surface area contributed by atoms with Crippen LogP contribution in [0.15, 0.2) is 54.9 Å². The van der Waals surface area contributed by atoms with Gasteiger partial charge in [-0.15, -0.1) is 11.8 Å². The first-order chi connectivity index (χ1) is 17.8. The van der Waals surface area contributed by atoms with Gasteiger partial charge >= 0.3 is 11.9 Å². The molecule has 0 bridgehead atoms. The van der Waals surface area contributed by atoms with Crippen LogP contribution in [0.2, 0.25) is 0 Å². The quantitative estimate of drug-likeness (QED) is 0.362. The van der Waals surface area contributed by atoms with Crippen LogP contribution >= 0.6 is 11.8 Å². The van der Waals surface area contributed by atoms with Gasteiger partial charge in [0.1, 0.15) is 18.2 Å². The summed E-state index contributed by atoms with van der Waals surface area (Å²) in [4.78, 5) is 38.2. The van der Waals surface area contributed by atoms with Crippen LogP contribution in [0, 0.1) is 13.8 Å². The van der Waals surface area contributed by atoms with Crippen LogP contribution < -0.4 is 11.5 Å². The summed E-state index contributed by atoms with van der Waals surface area (Å²) < 4.78 is 13.4. The number of nitrogens with zero attached hydrogens (tertiary/aromatic N) is 4. The third-order valence-corrected chi connectivity index (χ3v) is 7.69. The van der Waals surface area contributed by atoms with Crippen LogP contribution in [0.25, 0.3) is 11.2 Å². The molecule has 0 unspecified atom stereocenters. The van der Waals surface area contributed by atoms with E-state index < -0.39 is 18.0 Å². The number of carbonyl (C=O) groups excluding carboxylic acids is 2. The molecule has 5 rings (SSSR count). The van der Waals surface area contributed by atoms with E-state index in [4.69, 9.17) is 20.9 Å². The molecule has 0 aliphatic carbocycles. The van der Waals surface area contributed by atoms with Crippen molar-refractivity contribution in [2.45, 2.75) is 37.0 Å². The maximum Gasteiger partial charge on any atom is 0.338 e. The highest BCUT2D eigenvalue weighted by molar-refractivity contribution is 8.00. The minimum atomic E-state index is -0.524. The molecular formula is C26H26N6O4S. The maximum absolute atomic E-state index is 12.9. The van der Waals surface area contributed by atoms with Crippen LogP contribution in [0.5, 0.6) is 0 Å². The smallest absolute Gasteiger partial charge is 0.338 e. The van der Waals surface area contributed by atoms with Crippen molar-refractivity contribution < 1.29 is 19.1 Å². The lowest BCUT2D eigenvalue weighted by Crippen LogP contribution is -2.29. The first-order valence-corrected chi connectivity index (χ1v) is 12.6. The summed E-state index contributed by atoms with van der Waals surface area (Å²) in [6, 6.07) is 14.3. The summed E-state index contributed by atoms with van der Waals surface area (Å²) in [5.74, 6) is -0.641. The van der Waals surface area contributed by atoms with Crippen molar-refractivity contribution in [3.05, 3.63) is 77.1 Å². The number of thioether (sulfide) groups is 1. The fourth-order valence-corrected chi connectivity index (χ4v) is 5.62. The molecule has 11 heteroatoms. The van der Waals surface area contributed by atoms with Gasteiger partial charge in [0.25, 0.3) is 0 Å². The van der Waals surface area contributed by atoms with Crippen molar-refractivity contribution >= 4 is 46.6 Å². The van der Waals surface area contributed by atoms with E-state index in [1.54, 1.807) is 30.6 Å². The summed E-state index contributed by atoms with van der Waals surface area (Å²) in [6.07, 6.45) is 1.54. The fourth-order valence-electron chi connectivity index (χ4n) is 4.14.